The van der Waals surface area contributed by atoms with Crippen molar-refractivity contribution in [1.82, 2.24) is 31.1 Å². The molecule has 0 bridgehead atoms. The maximum Gasteiger partial charge on any atom is 0.289 e. The molecule has 5 amide bonds. The van der Waals surface area contributed by atoms with E-state index in [1.165, 1.54) is 0 Å². The van der Waals surface area contributed by atoms with E-state index < -0.39 is 53.1 Å². The molecule has 12 nitrogen and oxygen atoms in total. The van der Waals surface area contributed by atoms with E-state index in [0.717, 1.165) is 51.5 Å². The highest BCUT2D eigenvalue weighted by molar-refractivity contribution is 6.38. The minimum atomic E-state index is -1.03. The second kappa shape index (κ2) is 14.3. The van der Waals surface area contributed by atoms with Gasteiger partial charge in [-0.3, -0.25) is 28.8 Å². The van der Waals surface area contributed by atoms with E-state index in [0.29, 0.717) is 37.9 Å². The van der Waals surface area contributed by atoms with Crippen LogP contribution in [0.5, 0.6) is 0 Å². The largest absolute Gasteiger partial charge is 0.347 e. The maximum atomic E-state index is 14.9. The van der Waals surface area contributed by atoms with Crippen molar-refractivity contribution in [3.8, 4) is 0 Å². The van der Waals surface area contributed by atoms with Gasteiger partial charge in [-0.05, 0) is 93.7 Å². The summed E-state index contributed by atoms with van der Waals surface area (Å²) in [5.74, 6) is -3.18. The molecule has 0 aromatic rings. The van der Waals surface area contributed by atoms with Crippen molar-refractivity contribution in [2.45, 2.75) is 143 Å². The Morgan fingerprint density at radius 2 is 1.59 bits per heavy atom. The van der Waals surface area contributed by atoms with Gasteiger partial charge in [0, 0.05) is 24.5 Å². The number of hydrogen-bond acceptors (Lipinski definition) is 7. The molecule has 2 spiro atoms. The van der Waals surface area contributed by atoms with Gasteiger partial charge in [0.25, 0.3) is 5.91 Å². The highest BCUT2D eigenvalue weighted by atomic mass is 16.2. The molecule has 0 unspecified atom stereocenters. The van der Waals surface area contributed by atoms with Crippen LogP contribution >= 0.6 is 0 Å². The van der Waals surface area contributed by atoms with Crippen LogP contribution in [0.25, 0.3) is 0 Å². The molecule has 2 saturated heterocycles. The zero-order valence-electron chi connectivity index (χ0n) is 32.2. The molecular formula is C39H62N6O6. The molecule has 2 heterocycles. The quantitative estimate of drug-likeness (QED) is 0.169. The molecule has 0 radical (unpaired) electrons. The molecule has 6 atom stereocenters. The lowest BCUT2D eigenvalue weighted by Gasteiger charge is -2.37. The average Bonchev–Trinajstić information content (AvgIpc) is 3.85. The Balaban J connectivity index is 1.38. The summed E-state index contributed by atoms with van der Waals surface area (Å²) in [6, 6.07) is -3.92. The molecule has 3 saturated carbocycles. The molecule has 51 heavy (non-hydrogen) atoms. The van der Waals surface area contributed by atoms with E-state index in [9.17, 15) is 28.8 Å². The zero-order chi connectivity index (χ0) is 37.7. The molecule has 4 N–H and O–H groups in total. The van der Waals surface area contributed by atoms with Crippen LogP contribution in [0.3, 0.4) is 0 Å². The molecule has 5 fully saturated rings. The minimum absolute atomic E-state index is 0.00861. The summed E-state index contributed by atoms with van der Waals surface area (Å²) in [6.07, 6.45) is 7.80. The molecule has 5 aliphatic rings. The van der Waals surface area contributed by atoms with E-state index >= 15 is 0 Å². The van der Waals surface area contributed by atoms with Crippen molar-refractivity contribution < 1.29 is 28.8 Å². The number of carbonyl (C=O) groups is 6. The summed E-state index contributed by atoms with van der Waals surface area (Å²) in [5, 5.41) is 11.5. The van der Waals surface area contributed by atoms with Gasteiger partial charge >= 0.3 is 0 Å². The fourth-order valence-electron chi connectivity index (χ4n) is 9.62. The van der Waals surface area contributed by atoms with Crippen molar-refractivity contribution in [2.24, 2.45) is 27.6 Å². The first-order chi connectivity index (χ1) is 23.8. The third-order valence-corrected chi connectivity index (χ3v) is 13.2. The summed E-state index contributed by atoms with van der Waals surface area (Å²) in [7, 11) is 1.97. The second-order valence-electron chi connectivity index (χ2n) is 18.0. The number of nitrogens with zero attached hydrogens (tertiary/aromatic N) is 2. The molecule has 2 aliphatic heterocycles. The van der Waals surface area contributed by atoms with Crippen molar-refractivity contribution >= 4 is 35.3 Å². The summed E-state index contributed by atoms with van der Waals surface area (Å²) in [6.45, 7) is 19.5. The fourth-order valence-corrected chi connectivity index (χ4v) is 9.62. The molecular weight excluding hydrogens is 648 g/mol. The number of Topliss-reactive ketones (excluding diaryl/α,β-unsaturated/α-hetero) is 1. The van der Waals surface area contributed by atoms with E-state index in [-0.39, 0.29) is 40.0 Å². The predicted octanol–water partition coefficient (Wildman–Crippen LogP) is 2.85. The van der Waals surface area contributed by atoms with Crippen LogP contribution in [0.2, 0.25) is 0 Å². The van der Waals surface area contributed by atoms with Gasteiger partial charge in [0.1, 0.15) is 18.1 Å². The van der Waals surface area contributed by atoms with Gasteiger partial charge in [-0.25, -0.2) is 0 Å². The first kappa shape index (κ1) is 38.9. The monoisotopic (exact) mass is 710 g/mol. The molecule has 284 valence electrons. The first-order valence-electron chi connectivity index (χ1n) is 19.2. The standard InChI is InChI=1S/C39H62N6O6/c1-10-13-26(29(46)34(50)40-25-15-16-25)41-32(48)27-20-39(37(7,8)38(39)17-12-18-38)22-45(27)35(51)30(36(4,5)6)43-33(49)28(23(2)3)42-31(47)24-14-11-19-44(9)21-24/h24-28,30H,2,10-22H2,1,3-9H3,(H,40,50)(H,41,48)(H,42,47)(H,43,49)/t24-,26+,27+,28+,30-,39-/m1/s1. The Hall–Kier alpha value is -3.28. The smallest absolute Gasteiger partial charge is 0.289 e. The van der Waals surface area contributed by atoms with E-state index in [4.69, 9.17) is 0 Å². The Morgan fingerprint density at radius 1 is 0.922 bits per heavy atom. The summed E-state index contributed by atoms with van der Waals surface area (Å²) in [5.41, 5.74) is -0.658. The van der Waals surface area contributed by atoms with Crippen molar-refractivity contribution in [3.05, 3.63) is 12.2 Å². The second-order valence-corrected chi connectivity index (χ2v) is 18.0. The van der Waals surface area contributed by atoms with Gasteiger partial charge < -0.3 is 31.1 Å². The number of piperidine rings is 1. The van der Waals surface area contributed by atoms with Crippen LogP contribution in [0, 0.1) is 27.6 Å². The number of likely N-dealkylation sites (tertiary alicyclic amines) is 2. The SMILES string of the molecule is C=C(C)[C@H](NC(=O)[C@@H]1CCCN(C)C1)C(=O)N[C@H](C(=O)N1C[C@]2(C[C@H]1C(=O)N[C@@H](CCC)C(=O)C(=O)NC1CC1)C(C)(C)C21CCC1)C(C)(C)C. The zero-order valence-corrected chi connectivity index (χ0v) is 32.2. The lowest BCUT2D eigenvalue weighted by molar-refractivity contribution is -0.145. The van der Waals surface area contributed by atoms with Gasteiger partial charge in [-0.15, -0.1) is 0 Å². The molecule has 12 heteroatoms. The van der Waals surface area contributed by atoms with Gasteiger partial charge in [0.15, 0.2) is 0 Å². The van der Waals surface area contributed by atoms with Crippen LogP contribution in [0.15, 0.2) is 12.2 Å². The van der Waals surface area contributed by atoms with Gasteiger partial charge in [0.2, 0.25) is 29.4 Å². The van der Waals surface area contributed by atoms with E-state index in [1.807, 2.05) is 34.7 Å². The summed E-state index contributed by atoms with van der Waals surface area (Å²) in [4.78, 5) is 86.1. The lowest BCUT2D eigenvalue weighted by atomic mass is 9.73. The van der Waals surface area contributed by atoms with Crippen LogP contribution in [-0.2, 0) is 28.8 Å². The predicted molar refractivity (Wildman–Crippen MR) is 194 cm³/mol. The van der Waals surface area contributed by atoms with Gasteiger partial charge in [-0.2, -0.15) is 0 Å². The number of carbonyl (C=O) groups excluding carboxylic acids is 6. The molecule has 3 aliphatic carbocycles. The number of ketones is 1. The summed E-state index contributed by atoms with van der Waals surface area (Å²) >= 11 is 0. The Labute approximate surface area is 304 Å². The molecule has 5 rings (SSSR count). The molecule has 0 aromatic carbocycles. The number of amides is 5. The van der Waals surface area contributed by atoms with Crippen LogP contribution in [0.1, 0.15) is 113 Å². The van der Waals surface area contributed by atoms with Crippen LogP contribution < -0.4 is 21.3 Å². The maximum absolute atomic E-state index is 14.9. The fraction of sp³-hybridized carbons (Fsp3) is 0.795. The Kier molecular flexibility index (Phi) is 10.9. The van der Waals surface area contributed by atoms with E-state index in [2.05, 4.69) is 46.6 Å². The van der Waals surface area contributed by atoms with Crippen LogP contribution in [0.4, 0.5) is 0 Å². The van der Waals surface area contributed by atoms with Gasteiger partial charge in [0.05, 0.1) is 12.0 Å². The number of rotatable bonds is 13. The van der Waals surface area contributed by atoms with E-state index in [1.54, 1.807) is 11.8 Å². The molecule has 0 aromatic heterocycles. The van der Waals surface area contributed by atoms with Crippen molar-refractivity contribution in [3.63, 3.8) is 0 Å². The highest BCUT2D eigenvalue weighted by Gasteiger charge is 2.85. The van der Waals surface area contributed by atoms with Crippen molar-refractivity contribution in [1.29, 1.82) is 0 Å². The highest BCUT2D eigenvalue weighted by Crippen LogP contribution is 2.88. The number of fused-ring (bicyclic) bond motifs is 1. The average molecular weight is 711 g/mol. The number of hydrogen-bond donors (Lipinski definition) is 4. The normalized spacial score (nSPS) is 28.2. The third kappa shape index (κ3) is 7.22. The van der Waals surface area contributed by atoms with Crippen molar-refractivity contribution in [2.75, 3.05) is 26.7 Å². The Bertz CT molecular complexity index is 1440. The van der Waals surface area contributed by atoms with Crippen LogP contribution in [-0.4, -0.2) is 102 Å². The third-order valence-electron chi connectivity index (χ3n) is 13.2. The lowest BCUT2D eigenvalue weighted by Crippen LogP contribution is -2.61. The topological polar surface area (TPSA) is 157 Å². The first-order valence-corrected chi connectivity index (χ1v) is 19.2. The number of nitrogens with one attached hydrogen (secondary N) is 4. The van der Waals surface area contributed by atoms with Gasteiger partial charge in [-0.1, -0.05) is 61.0 Å². The Morgan fingerprint density at radius 3 is 2.10 bits per heavy atom. The summed E-state index contributed by atoms with van der Waals surface area (Å²) < 4.78 is 0. The minimum Gasteiger partial charge on any atom is -0.347 e.